The van der Waals surface area contributed by atoms with Crippen molar-refractivity contribution in [3.8, 4) is 0 Å². The minimum atomic E-state index is 0.0562. The maximum Gasteiger partial charge on any atom is 0.184 e. The number of nitrogens with zero attached hydrogens (tertiary/aromatic N) is 2. The summed E-state index contributed by atoms with van der Waals surface area (Å²) in [4.78, 5) is 5.34. The molecule has 3 N–H and O–H groups in total. The Morgan fingerprint density at radius 2 is 2.44 bits per heavy atom. The maximum atomic E-state index is 6.00. The van der Waals surface area contributed by atoms with Gasteiger partial charge in [0.25, 0.3) is 0 Å². The highest BCUT2D eigenvalue weighted by molar-refractivity contribution is 9.10. The number of rotatable bonds is 4. The van der Waals surface area contributed by atoms with Crippen LogP contribution in [0.5, 0.6) is 0 Å². The number of halogens is 1. The molecule has 2 rings (SSSR count). The average Bonchev–Trinajstić information content (AvgIpc) is 2.84. The quantitative estimate of drug-likeness (QED) is 0.851. The van der Waals surface area contributed by atoms with Crippen molar-refractivity contribution in [1.82, 2.24) is 15.2 Å². The summed E-state index contributed by atoms with van der Waals surface area (Å²) in [5.41, 5.74) is 6.00. The lowest BCUT2D eigenvalue weighted by Crippen LogP contribution is -2.22. The highest BCUT2D eigenvalue weighted by Crippen LogP contribution is 2.39. The summed E-state index contributed by atoms with van der Waals surface area (Å²) in [6, 6.07) is 2.16. The molecule has 4 nitrogen and oxygen atoms in total. The van der Waals surface area contributed by atoms with Gasteiger partial charge in [-0.1, -0.05) is 11.8 Å². The molecule has 0 aliphatic carbocycles. The molecule has 16 heavy (non-hydrogen) atoms. The summed E-state index contributed by atoms with van der Waals surface area (Å²) in [5.74, 6) is 0. The molecule has 0 aromatic carbocycles. The zero-order valence-electron chi connectivity index (χ0n) is 8.55. The van der Waals surface area contributed by atoms with Gasteiger partial charge < -0.3 is 5.73 Å². The summed E-state index contributed by atoms with van der Waals surface area (Å²) in [5, 5.41) is 9.73. The number of thiophene rings is 1. The molecule has 0 saturated heterocycles. The van der Waals surface area contributed by atoms with E-state index in [4.69, 9.17) is 5.73 Å². The number of aromatic nitrogens is 3. The molecule has 2 aromatic heterocycles. The zero-order chi connectivity index (χ0) is 11.5. The van der Waals surface area contributed by atoms with Crippen LogP contribution in [0.3, 0.4) is 0 Å². The van der Waals surface area contributed by atoms with E-state index >= 15 is 0 Å². The van der Waals surface area contributed by atoms with Gasteiger partial charge in [-0.25, -0.2) is 4.98 Å². The van der Waals surface area contributed by atoms with E-state index in [0.29, 0.717) is 0 Å². The van der Waals surface area contributed by atoms with E-state index < -0.39 is 0 Å². The summed E-state index contributed by atoms with van der Waals surface area (Å²) >= 11 is 6.76. The third kappa shape index (κ3) is 2.85. The number of hydrogen-bond donors (Lipinski definition) is 2. The Hall–Kier alpha value is -0.370. The van der Waals surface area contributed by atoms with Crippen LogP contribution >= 0.6 is 39.0 Å². The number of hydrogen-bond acceptors (Lipinski definition) is 5. The molecule has 0 saturated carbocycles. The monoisotopic (exact) mass is 318 g/mol. The number of thioether (sulfide) groups is 1. The Morgan fingerprint density at radius 1 is 1.62 bits per heavy atom. The Labute approximate surface area is 110 Å². The van der Waals surface area contributed by atoms with Crippen molar-refractivity contribution in [3.63, 3.8) is 0 Å². The summed E-state index contributed by atoms with van der Waals surface area (Å²) in [6.07, 6.45) is 1.50. The molecular formula is C9H11BrN4S2. The minimum Gasteiger partial charge on any atom is -0.327 e. The Bertz CT molecular complexity index is 440. The molecule has 0 bridgehead atoms. The van der Waals surface area contributed by atoms with Crippen molar-refractivity contribution in [1.29, 1.82) is 0 Å². The van der Waals surface area contributed by atoms with Crippen molar-refractivity contribution >= 4 is 39.0 Å². The molecule has 7 heteroatoms. The molecule has 2 atom stereocenters. The first-order chi connectivity index (χ1) is 7.66. The first kappa shape index (κ1) is 12.1. The molecule has 0 aliphatic rings. The van der Waals surface area contributed by atoms with Crippen LogP contribution in [0, 0.1) is 0 Å². The van der Waals surface area contributed by atoms with E-state index in [1.807, 2.05) is 6.92 Å². The van der Waals surface area contributed by atoms with E-state index in [1.165, 1.54) is 11.2 Å². The summed E-state index contributed by atoms with van der Waals surface area (Å²) in [6.45, 7) is 2.00. The second-order valence-corrected chi connectivity index (χ2v) is 6.34. The first-order valence-electron chi connectivity index (χ1n) is 4.68. The maximum absolute atomic E-state index is 6.00. The number of aromatic amines is 1. The zero-order valence-corrected chi connectivity index (χ0v) is 11.8. The van der Waals surface area contributed by atoms with E-state index in [0.717, 1.165) is 9.63 Å². The average molecular weight is 319 g/mol. The molecule has 0 amide bonds. The summed E-state index contributed by atoms with van der Waals surface area (Å²) in [7, 11) is 0. The smallest absolute Gasteiger partial charge is 0.184 e. The van der Waals surface area contributed by atoms with Crippen LogP contribution in [-0.2, 0) is 0 Å². The van der Waals surface area contributed by atoms with Gasteiger partial charge in [0.05, 0.1) is 5.25 Å². The van der Waals surface area contributed by atoms with Gasteiger partial charge in [-0.15, -0.1) is 11.3 Å². The van der Waals surface area contributed by atoms with Crippen LogP contribution in [0.25, 0.3) is 0 Å². The van der Waals surface area contributed by atoms with Gasteiger partial charge >= 0.3 is 0 Å². The van der Waals surface area contributed by atoms with Gasteiger partial charge in [0.1, 0.15) is 6.33 Å². The van der Waals surface area contributed by atoms with E-state index in [-0.39, 0.29) is 11.3 Å². The molecular weight excluding hydrogens is 308 g/mol. The third-order valence-corrected chi connectivity index (χ3v) is 5.26. The molecule has 0 fully saturated rings. The van der Waals surface area contributed by atoms with Gasteiger partial charge in [-0.05, 0) is 28.9 Å². The largest absolute Gasteiger partial charge is 0.327 e. The standard InChI is InChI=1S/C9H11BrN4S2/c1-5(11)8(7-2-6(10)3-15-7)16-9-12-4-13-14-9/h2-5,8H,11H2,1H3,(H,12,13,14). The van der Waals surface area contributed by atoms with Crippen LogP contribution in [-0.4, -0.2) is 21.2 Å². The fraction of sp³-hybridized carbons (Fsp3) is 0.333. The Morgan fingerprint density at radius 3 is 2.94 bits per heavy atom. The highest BCUT2D eigenvalue weighted by Gasteiger charge is 2.20. The van der Waals surface area contributed by atoms with Crippen LogP contribution in [0.15, 0.2) is 27.4 Å². The number of nitrogens with one attached hydrogen (secondary N) is 1. The normalized spacial score (nSPS) is 14.9. The van der Waals surface area contributed by atoms with E-state index in [2.05, 4.69) is 42.6 Å². The Balaban J connectivity index is 2.18. The van der Waals surface area contributed by atoms with Crippen molar-refractivity contribution in [2.24, 2.45) is 5.73 Å². The van der Waals surface area contributed by atoms with Crippen molar-refractivity contribution in [3.05, 3.63) is 27.1 Å². The lowest BCUT2D eigenvalue weighted by molar-refractivity contribution is 0.726. The SMILES string of the molecule is CC(N)C(Sc1ncn[nH]1)c1cc(Br)cs1. The molecule has 0 radical (unpaired) electrons. The van der Waals surface area contributed by atoms with E-state index in [1.54, 1.807) is 23.1 Å². The third-order valence-electron chi connectivity index (χ3n) is 1.98. The molecule has 2 heterocycles. The van der Waals surface area contributed by atoms with E-state index in [9.17, 15) is 0 Å². The van der Waals surface area contributed by atoms with Crippen LogP contribution in [0.4, 0.5) is 0 Å². The fourth-order valence-corrected chi connectivity index (χ4v) is 3.98. The number of nitrogens with two attached hydrogens (primary N) is 1. The highest BCUT2D eigenvalue weighted by atomic mass is 79.9. The van der Waals surface area contributed by atoms with Crippen molar-refractivity contribution in [2.75, 3.05) is 0 Å². The van der Waals surface area contributed by atoms with Crippen LogP contribution < -0.4 is 5.73 Å². The minimum absolute atomic E-state index is 0.0562. The van der Waals surface area contributed by atoms with Crippen molar-refractivity contribution < 1.29 is 0 Å². The van der Waals surface area contributed by atoms with Gasteiger partial charge in [0.2, 0.25) is 0 Å². The van der Waals surface area contributed by atoms with Crippen LogP contribution in [0.2, 0.25) is 0 Å². The molecule has 0 spiro atoms. The predicted octanol–water partition coefficient (Wildman–Crippen LogP) is 2.81. The lowest BCUT2D eigenvalue weighted by atomic mass is 10.2. The summed E-state index contributed by atoms with van der Waals surface area (Å²) < 4.78 is 1.09. The predicted molar refractivity (Wildman–Crippen MR) is 70.6 cm³/mol. The van der Waals surface area contributed by atoms with Crippen molar-refractivity contribution in [2.45, 2.75) is 23.4 Å². The molecule has 2 aromatic rings. The topological polar surface area (TPSA) is 67.6 Å². The van der Waals surface area contributed by atoms with Gasteiger partial charge in [-0.3, -0.25) is 5.10 Å². The molecule has 2 unspecified atom stereocenters. The van der Waals surface area contributed by atoms with Gasteiger partial charge in [-0.2, -0.15) is 5.10 Å². The van der Waals surface area contributed by atoms with Gasteiger partial charge in [0.15, 0.2) is 5.16 Å². The second kappa shape index (κ2) is 5.31. The van der Waals surface area contributed by atoms with Gasteiger partial charge in [0, 0.05) is 20.8 Å². The second-order valence-electron chi connectivity index (χ2n) is 3.36. The lowest BCUT2D eigenvalue weighted by Gasteiger charge is -2.17. The molecule has 86 valence electrons. The Kier molecular flexibility index (Phi) is 4.01. The first-order valence-corrected chi connectivity index (χ1v) is 7.23. The fourth-order valence-electron chi connectivity index (χ4n) is 1.27. The number of H-pyrrole nitrogens is 1. The van der Waals surface area contributed by atoms with Crippen LogP contribution in [0.1, 0.15) is 17.1 Å². The molecule has 0 aliphatic heterocycles.